The molecule has 4 aromatic rings. The number of nitrogens with zero attached hydrogens (tertiary/aromatic N) is 2. The molecule has 1 amide bonds. The Morgan fingerprint density at radius 2 is 1.97 bits per heavy atom. The average molecular weight is 482 g/mol. The van der Waals surface area contributed by atoms with E-state index in [0.29, 0.717) is 6.54 Å². The van der Waals surface area contributed by atoms with Crippen LogP contribution in [0.15, 0.2) is 36.4 Å². The van der Waals surface area contributed by atoms with Crippen LogP contribution in [0, 0.1) is 0 Å². The summed E-state index contributed by atoms with van der Waals surface area (Å²) in [4.78, 5) is 13.3. The average Bonchev–Trinajstić information content (AvgIpc) is 3.46. The lowest BCUT2D eigenvalue weighted by Crippen LogP contribution is -2.50. The van der Waals surface area contributed by atoms with Gasteiger partial charge in [0, 0.05) is 40.4 Å². The van der Waals surface area contributed by atoms with Gasteiger partial charge < -0.3 is 23.9 Å². The minimum absolute atomic E-state index is 0.0180. The number of methoxy groups -OCH3 is 1. The van der Waals surface area contributed by atoms with Crippen molar-refractivity contribution in [3.05, 3.63) is 58.1 Å². The molecule has 2 bridgehead atoms. The van der Waals surface area contributed by atoms with E-state index in [2.05, 4.69) is 69.9 Å². The molecule has 0 spiro atoms. The summed E-state index contributed by atoms with van der Waals surface area (Å²) in [5.41, 5.74) is 4.63. The molecule has 6 nitrogen and oxygen atoms in total. The molecule has 4 aliphatic rings. The lowest BCUT2D eigenvalue weighted by Gasteiger charge is -2.44. The van der Waals surface area contributed by atoms with Crippen molar-refractivity contribution in [3.8, 4) is 0 Å². The highest BCUT2D eigenvalue weighted by Gasteiger charge is 2.49. The summed E-state index contributed by atoms with van der Waals surface area (Å²) < 4.78 is 17.9. The predicted octanol–water partition coefficient (Wildman–Crippen LogP) is 4.55. The van der Waals surface area contributed by atoms with Gasteiger partial charge in [-0.3, -0.25) is 4.79 Å². The maximum absolute atomic E-state index is 13.3. The van der Waals surface area contributed by atoms with E-state index < -0.39 is 5.72 Å². The van der Waals surface area contributed by atoms with Gasteiger partial charge in [-0.25, -0.2) is 0 Å². The van der Waals surface area contributed by atoms with E-state index in [1.165, 1.54) is 0 Å². The minimum atomic E-state index is -0.672. The first kappa shape index (κ1) is 21.9. The molecule has 2 unspecified atom stereocenters. The molecular weight excluding hydrogens is 450 g/mol. The largest absolute Gasteiger partial charge is 0.376 e. The third kappa shape index (κ3) is 2.46. The zero-order valence-electron chi connectivity index (χ0n) is 21.2. The molecule has 2 aromatic carbocycles. The fraction of sp³-hybridized carbons (Fsp3) is 0.367. The maximum Gasteiger partial charge on any atom is 0.252 e. The number of hydrogen-bond acceptors (Lipinski definition) is 3. The first-order chi connectivity index (χ1) is 17.6. The number of nitrogens with one attached hydrogen (secondary N) is 1. The Bertz CT molecular complexity index is 1760. The Kier molecular flexibility index (Phi) is 4.61. The number of fused-ring (bicyclic) bond motifs is 13. The smallest absolute Gasteiger partial charge is 0.252 e. The monoisotopic (exact) mass is 481 g/mol. The summed E-state index contributed by atoms with van der Waals surface area (Å²) >= 11 is 0. The van der Waals surface area contributed by atoms with Gasteiger partial charge in [0.2, 0.25) is 0 Å². The van der Waals surface area contributed by atoms with Crippen LogP contribution >= 0.6 is 0 Å². The van der Waals surface area contributed by atoms with E-state index in [9.17, 15) is 4.79 Å². The van der Waals surface area contributed by atoms with Gasteiger partial charge in [-0.2, -0.15) is 0 Å². The van der Waals surface area contributed by atoms with Crippen molar-refractivity contribution in [1.29, 1.82) is 0 Å². The van der Waals surface area contributed by atoms with Crippen LogP contribution in [0.1, 0.15) is 62.2 Å². The summed E-state index contributed by atoms with van der Waals surface area (Å²) in [5, 5.41) is 8.78. The first-order valence-electron chi connectivity index (χ1n) is 13.1. The lowest BCUT2D eigenvalue weighted by atomic mass is 9.97. The van der Waals surface area contributed by atoms with E-state index in [1.54, 1.807) is 7.11 Å². The standard InChI is InChI=1S/C28H25N3O3.C2H6/c1-28-20(33-2)12-13-21(34-28)30-18-10-5-3-4-8-15(18)23-24-17(14-29-27(24)32)22-16-9-6-7-11-19(16)31(28)26(22)25(23)30;1-2/h3-4,6-11,20-21H,5,12-14H2,1-2H3,(H,29,32);1-2H3/t20-,21?,28?;/m1./s1. The summed E-state index contributed by atoms with van der Waals surface area (Å²) in [5.74, 6) is 0.0180. The highest BCUT2D eigenvalue weighted by Crippen LogP contribution is 2.50. The number of hydrogen-bond donors (Lipinski definition) is 1. The summed E-state index contributed by atoms with van der Waals surface area (Å²) in [6.07, 6.45) is 11.1. The van der Waals surface area contributed by atoms with Crippen LogP contribution in [-0.2, 0) is 21.7 Å². The number of benzene rings is 2. The molecule has 8 rings (SSSR count). The van der Waals surface area contributed by atoms with Gasteiger partial charge in [0.05, 0.1) is 22.1 Å². The number of ether oxygens (including phenoxy) is 2. The third-order valence-electron chi connectivity index (χ3n) is 8.40. The number of aromatic nitrogens is 2. The van der Waals surface area contributed by atoms with Crippen LogP contribution in [0.25, 0.3) is 44.9 Å². The number of allylic oxidation sites excluding steroid dienone is 2. The molecule has 3 atom stereocenters. The van der Waals surface area contributed by atoms with Crippen molar-refractivity contribution < 1.29 is 14.3 Å². The zero-order chi connectivity index (χ0) is 24.8. The van der Waals surface area contributed by atoms with Gasteiger partial charge in [-0.15, -0.1) is 0 Å². The van der Waals surface area contributed by atoms with Gasteiger partial charge in [-0.05, 0) is 37.8 Å². The molecule has 184 valence electrons. The second-order valence-corrected chi connectivity index (χ2v) is 9.97. The van der Waals surface area contributed by atoms with Crippen LogP contribution in [0.5, 0.6) is 0 Å². The number of carbonyl (C=O) groups is 1. The number of amides is 1. The Labute approximate surface area is 209 Å². The number of rotatable bonds is 1. The fourth-order valence-corrected chi connectivity index (χ4v) is 7.09. The molecule has 0 saturated carbocycles. The van der Waals surface area contributed by atoms with E-state index in [0.717, 1.165) is 73.7 Å². The highest BCUT2D eigenvalue weighted by atomic mass is 16.6. The van der Waals surface area contributed by atoms with E-state index >= 15 is 0 Å². The second kappa shape index (κ2) is 7.58. The van der Waals surface area contributed by atoms with Gasteiger partial charge in [-0.1, -0.05) is 56.4 Å². The molecule has 6 heteroatoms. The predicted molar refractivity (Wildman–Crippen MR) is 143 cm³/mol. The fourth-order valence-electron chi connectivity index (χ4n) is 7.09. The first-order valence-corrected chi connectivity index (χ1v) is 13.1. The van der Waals surface area contributed by atoms with E-state index in [1.807, 2.05) is 13.8 Å². The van der Waals surface area contributed by atoms with E-state index in [4.69, 9.17) is 9.47 Å². The van der Waals surface area contributed by atoms with Crippen LogP contribution < -0.4 is 15.9 Å². The van der Waals surface area contributed by atoms with Crippen molar-refractivity contribution in [2.45, 2.75) is 64.6 Å². The molecule has 0 radical (unpaired) electrons. The number of carbonyl (C=O) groups excluding carboxylic acids is 1. The van der Waals surface area contributed by atoms with Crippen LogP contribution in [-0.4, -0.2) is 28.3 Å². The SMILES string of the molecule is CC.CO[C@@H]1CCC2OC1(C)n1c3ccccc3c3c4c(c5c6c(n2c5c31)=CCC=CC=6)C(=O)NC4. The van der Waals surface area contributed by atoms with Gasteiger partial charge >= 0.3 is 0 Å². The minimum Gasteiger partial charge on any atom is -0.376 e. The highest BCUT2D eigenvalue weighted by molar-refractivity contribution is 6.25. The Hall–Kier alpha value is -3.35. The molecule has 1 aliphatic carbocycles. The molecule has 5 heterocycles. The van der Waals surface area contributed by atoms with Gasteiger partial charge in [0.25, 0.3) is 5.91 Å². The Morgan fingerprint density at radius 1 is 1.14 bits per heavy atom. The quantitative estimate of drug-likeness (QED) is 0.434. The molecule has 3 aliphatic heterocycles. The maximum atomic E-state index is 13.3. The zero-order valence-corrected chi connectivity index (χ0v) is 21.2. The van der Waals surface area contributed by atoms with Gasteiger partial charge in [0.15, 0.2) is 5.72 Å². The van der Waals surface area contributed by atoms with Crippen LogP contribution in [0.4, 0.5) is 0 Å². The van der Waals surface area contributed by atoms with Crippen molar-refractivity contribution >= 4 is 50.8 Å². The number of para-hydroxylation sites is 1. The van der Waals surface area contributed by atoms with Gasteiger partial charge in [0.1, 0.15) is 12.3 Å². The second-order valence-electron chi connectivity index (χ2n) is 9.97. The molecule has 36 heavy (non-hydrogen) atoms. The normalized spacial score (nSPS) is 25.5. The Morgan fingerprint density at radius 3 is 2.81 bits per heavy atom. The van der Waals surface area contributed by atoms with E-state index in [-0.39, 0.29) is 18.2 Å². The van der Waals surface area contributed by atoms with Crippen molar-refractivity contribution in [2.75, 3.05) is 7.11 Å². The molecule has 2 aromatic heterocycles. The van der Waals surface area contributed by atoms with Crippen molar-refractivity contribution in [3.63, 3.8) is 0 Å². The summed E-state index contributed by atoms with van der Waals surface area (Å²) in [7, 11) is 1.79. The third-order valence-corrected chi connectivity index (χ3v) is 8.40. The molecular formula is C30H31N3O3. The topological polar surface area (TPSA) is 57.4 Å². The molecule has 1 saturated heterocycles. The summed E-state index contributed by atoms with van der Waals surface area (Å²) in [6, 6.07) is 8.52. The summed E-state index contributed by atoms with van der Waals surface area (Å²) in [6.45, 7) is 6.72. The molecule has 1 fully saturated rings. The van der Waals surface area contributed by atoms with Crippen LogP contribution in [0.2, 0.25) is 0 Å². The molecule has 1 N–H and O–H groups in total. The van der Waals surface area contributed by atoms with Crippen molar-refractivity contribution in [1.82, 2.24) is 14.5 Å². The Balaban J connectivity index is 0.00000108. The lowest BCUT2D eigenvalue weighted by molar-refractivity contribution is -0.248. The van der Waals surface area contributed by atoms with Crippen molar-refractivity contribution in [2.24, 2.45) is 0 Å². The van der Waals surface area contributed by atoms with Crippen LogP contribution in [0.3, 0.4) is 0 Å².